The second-order valence-corrected chi connectivity index (χ2v) is 2.27. The van der Waals surface area contributed by atoms with Crippen LogP contribution in [-0.2, 0) is 14.4 Å². The van der Waals surface area contributed by atoms with Crippen molar-refractivity contribution in [3.8, 4) is 0 Å². The van der Waals surface area contributed by atoms with E-state index in [1.165, 1.54) is 0 Å². The highest BCUT2D eigenvalue weighted by Gasteiger charge is 2.40. The standard InChI is InChI=1S/C5H7NO3/c7-5-3-1-8-2-4(3)9-6-5/h3-4H,1-2H2,(H,6,7). The highest BCUT2D eigenvalue weighted by Crippen LogP contribution is 2.20. The van der Waals surface area contributed by atoms with Crippen LogP contribution in [0.25, 0.3) is 0 Å². The van der Waals surface area contributed by atoms with Crippen molar-refractivity contribution >= 4 is 5.91 Å². The van der Waals surface area contributed by atoms with Crippen LogP contribution in [0.1, 0.15) is 0 Å². The summed E-state index contributed by atoms with van der Waals surface area (Å²) in [7, 11) is 0. The van der Waals surface area contributed by atoms with Gasteiger partial charge >= 0.3 is 0 Å². The first-order chi connectivity index (χ1) is 4.38. The van der Waals surface area contributed by atoms with Gasteiger partial charge in [0.2, 0.25) is 0 Å². The predicted octanol–water partition coefficient (Wildman–Crippen LogP) is -0.937. The van der Waals surface area contributed by atoms with Crippen LogP contribution >= 0.6 is 0 Å². The number of carbonyl (C=O) groups is 1. The van der Waals surface area contributed by atoms with E-state index >= 15 is 0 Å². The van der Waals surface area contributed by atoms with Crippen LogP contribution in [0.2, 0.25) is 0 Å². The van der Waals surface area contributed by atoms with Crippen molar-refractivity contribution in [2.75, 3.05) is 13.2 Å². The van der Waals surface area contributed by atoms with Crippen molar-refractivity contribution in [1.29, 1.82) is 0 Å². The third-order valence-electron chi connectivity index (χ3n) is 1.68. The molecular formula is C5H7NO3. The lowest BCUT2D eigenvalue weighted by molar-refractivity contribution is -0.128. The number of hydrogen-bond donors (Lipinski definition) is 1. The lowest BCUT2D eigenvalue weighted by Crippen LogP contribution is -2.20. The molecule has 0 aromatic heterocycles. The number of carbonyl (C=O) groups excluding carboxylic acids is 1. The first kappa shape index (κ1) is 5.20. The molecular weight excluding hydrogens is 122 g/mol. The quantitative estimate of drug-likeness (QED) is 0.459. The maximum absolute atomic E-state index is 10.7. The van der Waals surface area contributed by atoms with Gasteiger partial charge in [0.25, 0.3) is 5.91 Å². The van der Waals surface area contributed by atoms with E-state index in [4.69, 9.17) is 9.57 Å². The van der Waals surface area contributed by atoms with Gasteiger partial charge in [-0.2, -0.15) is 0 Å². The summed E-state index contributed by atoms with van der Waals surface area (Å²) in [4.78, 5) is 15.6. The lowest BCUT2D eigenvalue weighted by atomic mass is 10.1. The van der Waals surface area contributed by atoms with Gasteiger partial charge in [-0.3, -0.25) is 9.63 Å². The smallest absolute Gasteiger partial charge is 0.251 e. The Bertz CT molecular complexity index is 147. The van der Waals surface area contributed by atoms with Crippen molar-refractivity contribution < 1.29 is 14.4 Å². The van der Waals surface area contributed by atoms with Crippen LogP contribution < -0.4 is 5.48 Å². The van der Waals surface area contributed by atoms with Gasteiger partial charge in [0.15, 0.2) is 0 Å². The van der Waals surface area contributed by atoms with E-state index in [1.54, 1.807) is 0 Å². The predicted molar refractivity (Wildman–Crippen MR) is 27.3 cm³/mol. The summed E-state index contributed by atoms with van der Waals surface area (Å²) in [5.41, 5.74) is 2.30. The molecule has 2 fully saturated rings. The summed E-state index contributed by atoms with van der Waals surface area (Å²) in [6.45, 7) is 1.06. The Balaban J connectivity index is 2.15. The van der Waals surface area contributed by atoms with Gasteiger partial charge in [-0.25, -0.2) is 5.48 Å². The van der Waals surface area contributed by atoms with Crippen molar-refractivity contribution in [3.63, 3.8) is 0 Å². The van der Waals surface area contributed by atoms with E-state index in [9.17, 15) is 4.79 Å². The molecule has 50 valence electrons. The van der Waals surface area contributed by atoms with E-state index in [1.807, 2.05) is 0 Å². The average molecular weight is 129 g/mol. The fraction of sp³-hybridized carbons (Fsp3) is 0.800. The van der Waals surface area contributed by atoms with Crippen molar-refractivity contribution in [1.82, 2.24) is 5.48 Å². The van der Waals surface area contributed by atoms with Crippen molar-refractivity contribution in [3.05, 3.63) is 0 Å². The highest BCUT2D eigenvalue weighted by atomic mass is 16.7. The van der Waals surface area contributed by atoms with E-state index in [-0.39, 0.29) is 17.9 Å². The molecule has 0 radical (unpaired) electrons. The monoisotopic (exact) mass is 129 g/mol. The Kier molecular flexibility index (Phi) is 0.972. The third-order valence-corrected chi connectivity index (χ3v) is 1.68. The molecule has 2 rings (SSSR count). The van der Waals surface area contributed by atoms with Crippen LogP contribution in [-0.4, -0.2) is 25.2 Å². The van der Waals surface area contributed by atoms with Crippen molar-refractivity contribution in [2.45, 2.75) is 6.10 Å². The highest BCUT2D eigenvalue weighted by molar-refractivity contribution is 5.80. The average Bonchev–Trinajstić information content (AvgIpc) is 2.35. The maximum atomic E-state index is 10.7. The van der Waals surface area contributed by atoms with Gasteiger partial charge in [0.05, 0.1) is 19.1 Å². The summed E-state index contributed by atoms with van der Waals surface area (Å²) < 4.78 is 5.00. The Morgan fingerprint density at radius 1 is 1.56 bits per heavy atom. The molecule has 4 heteroatoms. The molecule has 0 bridgehead atoms. The minimum Gasteiger partial charge on any atom is -0.378 e. The van der Waals surface area contributed by atoms with Crippen LogP contribution in [0, 0.1) is 5.92 Å². The number of amides is 1. The van der Waals surface area contributed by atoms with Crippen LogP contribution in [0.3, 0.4) is 0 Å². The van der Waals surface area contributed by atoms with Gasteiger partial charge in [-0.1, -0.05) is 0 Å². The summed E-state index contributed by atoms with van der Waals surface area (Å²) in [5, 5.41) is 0. The first-order valence-electron chi connectivity index (χ1n) is 2.91. The van der Waals surface area contributed by atoms with Gasteiger partial charge in [0.1, 0.15) is 6.10 Å². The van der Waals surface area contributed by atoms with E-state index in [2.05, 4.69) is 5.48 Å². The first-order valence-corrected chi connectivity index (χ1v) is 2.91. The SMILES string of the molecule is O=C1NOC2COCC12. The number of fused-ring (bicyclic) bond motifs is 1. The van der Waals surface area contributed by atoms with E-state index in [0.29, 0.717) is 13.2 Å². The van der Waals surface area contributed by atoms with Gasteiger partial charge in [-0.15, -0.1) is 0 Å². The molecule has 0 aliphatic carbocycles. The molecule has 9 heavy (non-hydrogen) atoms. The third kappa shape index (κ3) is 0.635. The molecule has 0 aromatic carbocycles. The molecule has 1 amide bonds. The Morgan fingerprint density at radius 2 is 2.44 bits per heavy atom. The van der Waals surface area contributed by atoms with E-state index < -0.39 is 0 Å². The molecule has 2 aliphatic rings. The van der Waals surface area contributed by atoms with Crippen LogP contribution in [0.15, 0.2) is 0 Å². The number of nitrogens with one attached hydrogen (secondary N) is 1. The summed E-state index contributed by atoms with van der Waals surface area (Å²) >= 11 is 0. The summed E-state index contributed by atoms with van der Waals surface area (Å²) in [6.07, 6.45) is -0.0301. The van der Waals surface area contributed by atoms with Crippen LogP contribution in [0.4, 0.5) is 0 Å². The normalized spacial score (nSPS) is 40.7. The van der Waals surface area contributed by atoms with Gasteiger partial charge in [0, 0.05) is 0 Å². The lowest BCUT2D eigenvalue weighted by Gasteiger charge is -1.96. The minimum absolute atomic E-state index is 0.0301. The Hall–Kier alpha value is -0.610. The second kappa shape index (κ2) is 1.68. The summed E-state index contributed by atoms with van der Waals surface area (Å²) in [5.74, 6) is -0.0949. The van der Waals surface area contributed by atoms with E-state index in [0.717, 1.165) is 0 Å². The fourth-order valence-corrected chi connectivity index (χ4v) is 1.10. The number of hydroxylamine groups is 1. The van der Waals surface area contributed by atoms with Gasteiger partial charge in [-0.05, 0) is 0 Å². The van der Waals surface area contributed by atoms with Gasteiger partial charge < -0.3 is 4.74 Å². The minimum atomic E-state index is -0.0509. The van der Waals surface area contributed by atoms with Crippen LogP contribution in [0.5, 0.6) is 0 Å². The zero-order valence-electron chi connectivity index (χ0n) is 4.79. The molecule has 1 N–H and O–H groups in total. The largest absolute Gasteiger partial charge is 0.378 e. The number of hydrogen-bond acceptors (Lipinski definition) is 3. The molecule has 2 aliphatic heterocycles. The number of rotatable bonds is 0. The fourth-order valence-electron chi connectivity index (χ4n) is 1.10. The second-order valence-electron chi connectivity index (χ2n) is 2.27. The molecule has 0 saturated carbocycles. The molecule has 2 saturated heterocycles. The molecule has 4 nitrogen and oxygen atoms in total. The summed E-state index contributed by atoms with van der Waals surface area (Å²) in [6, 6.07) is 0. The molecule has 2 unspecified atom stereocenters. The zero-order valence-corrected chi connectivity index (χ0v) is 4.79. The van der Waals surface area contributed by atoms with Crippen molar-refractivity contribution in [2.24, 2.45) is 5.92 Å². The Morgan fingerprint density at radius 3 is 3.22 bits per heavy atom. The molecule has 0 spiro atoms. The zero-order chi connectivity index (χ0) is 6.27. The topological polar surface area (TPSA) is 47.6 Å². The Labute approximate surface area is 52.1 Å². The maximum Gasteiger partial charge on any atom is 0.251 e. The molecule has 0 aromatic rings. The molecule has 2 heterocycles. The molecule has 2 atom stereocenters. The number of ether oxygens (including phenoxy) is 1.